The van der Waals surface area contributed by atoms with Gasteiger partial charge in [-0.15, -0.1) is 0 Å². The second-order valence-corrected chi connectivity index (χ2v) is 7.01. The number of thiocarbonyl (C=S) groups is 1. The number of likely N-dealkylation sites (tertiary alicyclic amines) is 1. The van der Waals surface area contributed by atoms with E-state index < -0.39 is 0 Å². The van der Waals surface area contributed by atoms with Crippen LogP contribution in [0, 0.1) is 5.82 Å². The number of carbonyl (C=O) groups is 1. The van der Waals surface area contributed by atoms with Gasteiger partial charge in [0.2, 0.25) is 0 Å². The van der Waals surface area contributed by atoms with E-state index in [9.17, 15) is 9.18 Å². The van der Waals surface area contributed by atoms with Crippen LogP contribution in [0.25, 0.3) is 0 Å². The maximum absolute atomic E-state index is 12.9. The van der Waals surface area contributed by atoms with Gasteiger partial charge in [0, 0.05) is 35.4 Å². The van der Waals surface area contributed by atoms with Crippen LogP contribution in [0.1, 0.15) is 23.2 Å². The van der Waals surface area contributed by atoms with Crippen molar-refractivity contribution in [3.63, 3.8) is 0 Å². The molecule has 1 aliphatic heterocycles. The number of hydrogen-bond acceptors (Lipinski definition) is 2. The number of halogens is 2. The largest absolute Gasteiger partial charge is 0.349 e. The maximum atomic E-state index is 12.9. The summed E-state index contributed by atoms with van der Waals surface area (Å²) in [5.74, 6) is -0.529. The highest BCUT2D eigenvalue weighted by Gasteiger charge is 2.22. The first-order valence-corrected chi connectivity index (χ1v) is 9.18. The lowest BCUT2D eigenvalue weighted by atomic mass is 10.0. The first kappa shape index (κ1) is 18.6. The van der Waals surface area contributed by atoms with E-state index in [-0.39, 0.29) is 17.8 Å². The lowest BCUT2D eigenvalue weighted by molar-refractivity contribution is 0.0922. The molecule has 2 aromatic rings. The molecule has 0 saturated carbocycles. The minimum absolute atomic E-state index is 0.0813. The molecule has 136 valence electrons. The second kappa shape index (κ2) is 8.47. The molecular formula is C19H19ClFN3OS. The van der Waals surface area contributed by atoms with Gasteiger partial charge in [-0.05, 0) is 67.5 Å². The quantitative estimate of drug-likeness (QED) is 0.774. The monoisotopic (exact) mass is 391 g/mol. The lowest BCUT2D eigenvalue weighted by Crippen LogP contribution is -2.47. The van der Waals surface area contributed by atoms with Gasteiger partial charge in [0.25, 0.3) is 5.91 Å². The third-order valence-corrected chi connectivity index (χ3v) is 4.90. The van der Waals surface area contributed by atoms with Crippen molar-refractivity contribution in [3.05, 3.63) is 64.9 Å². The number of piperidine rings is 1. The number of hydrogen-bond donors (Lipinski definition) is 2. The third kappa shape index (κ3) is 4.93. The average molecular weight is 392 g/mol. The molecule has 0 spiro atoms. The topological polar surface area (TPSA) is 44.4 Å². The number of amides is 1. The maximum Gasteiger partial charge on any atom is 0.251 e. The molecule has 1 heterocycles. The minimum atomic E-state index is -0.351. The summed E-state index contributed by atoms with van der Waals surface area (Å²) in [7, 11) is 0. The van der Waals surface area contributed by atoms with Crippen LogP contribution in [-0.4, -0.2) is 35.1 Å². The molecule has 1 fully saturated rings. The molecule has 26 heavy (non-hydrogen) atoms. The Hall–Kier alpha value is -2.18. The molecule has 0 aromatic heterocycles. The Kier molecular flexibility index (Phi) is 6.06. The Morgan fingerprint density at radius 2 is 1.85 bits per heavy atom. The third-order valence-electron chi connectivity index (χ3n) is 4.30. The highest BCUT2D eigenvalue weighted by Crippen LogP contribution is 2.17. The fourth-order valence-electron chi connectivity index (χ4n) is 2.87. The van der Waals surface area contributed by atoms with Crippen LogP contribution in [0.4, 0.5) is 10.1 Å². The Morgan fingerprint density at radius 3 is 2.50 bits per heavy atom. The summed E-state index contributed by atoms with van der Waals surface area (Å²) in [4.78, 5) is 14.3. The van der Waals surface area contributed by atoms with Crippen LogP contribution >= 0.6 is 23.8 Å². The molecule has 0 bridgehead atoms. The van der Waals surface area contributed by atoms with E-state index in [1.807, 2.05) is 24.3 Å². The van der Waals surface area contributed by atoms with E-state index in [1.165, 1.54) is 24.3 Å². The van der Waals surface area contributed by atoms with E-state index in [1.54, 1.807) is 0 Å². The molecule has 0 unspecified atom stereocenters. The van der Waals surface area contributed by atoms with Gasteiger partial charge in [-0.3, -0.25) is 4.79 Å². The number of nitrogens with zero attached hydrogens (tertiary/aromatic N) is 1. The van der Waals surface area contributed by atoms with Crippen LogP contribution < -0.4 is 10.6 Å². The molecule has 0 atom stereocenters. The highest BCUT2D eigenvalue weighted by molar-refractivity contribution is 7.80. The standard InChI is InChI=1S/C19H19ClFN3OS/c20-14-2-1-3-17(12-14)23-19(26)24-10-8-16(9-11-24)22-18(25)13-4-6-15(21)7-5-13/h1-7,12,16H,8-11H2,(H,22,25)(H,23,26). The normalized spacial score (nSPS) is 14.8. The minimum Gasteiger partial charge on any atom is -0.349 e. The van der Waals surface area contributed by atoms with Crippen LogP contribution in [-0.2, 0) is 0 Å². The summed E-state index contributed by atoms with van der Waals surface area (Å²) in [6.07, 6.45) is 1.59. The van der Waals surface area contributed by atoms with Gasteiger partial charge in [-0.1, -0.05) is 17.7 Å². The molecule has 1 aliphatic rings. The molecular weight excluding hydrogens is 373 g/mol. The lowest BCUT2D eigenvalue weighted by Gasteiger charge is -2.34. The smallest absolute Gasteiger partial charge is 0.251 e. The van der Waals surface area contributed by atoms with Crippen LogP contribution in [0.15, 0.2) is 48.5 Å². The van der Waals surface area contributed by atoms with Crippen molar-refractivity contribution in [1.82, 2.24) is 10.2 Å². The summed E-state index contributed by atoms with van der Waals surface area (Å²) in [5.41, 5.74) is 1.32. The number of anilines is 1. The van der Waals surface area contributed by atoms with Crippen LogP contribution in [0.3, 0.4) is 0 Å². The highest BCUT2D eigenvalue weighted by atomic mass is 35.5. The number of carbonyl (C=O) groups excluding carboxylic acids is 1. The first-order chi connectivity index (χ1) is 12.5. The molecule has 7 heteroatoms. The number of benzene rings is 2. The molecule has 0 aliphatic carbocycles. The Bertz CT molecular complexity index is 792. The van der Waals surface area contributed by atoms with Gasteiger partial charge in [0.15, 0.2) is 5.11 Å². The van der Waals surface area contributed by atoms with Crippen molar-refractivity contribution in [3.8, 4) is 0 Å². The summed E-state index contributed by atoms with van der Waals surface area (Å²) in [6.45, 7) is 1.50. The van der Waals surface area contributed by atoms with E-state index in [0.29, 0.717) is 15.7 Å². The van der Waals surface area contributed by atoms with Gasteiger partial charge in [-0.25, -0.2) is 4.39 Å². The van der Waals surface area contributed by atoms with E-state index >= 15 is 0 Å². The zero-order valence-electron chi connectivity index (χ0n) is 14.0. The van der Waals surface area contributed by atoms with Gasteiger partial charge >= 0.3 is 0 Å². The van der Waals surface area contributed by atoms with Gasteiger partial charge < -0.3 is 15.5 Å². The number of nitrogens with one attached hydrogen (secondary N) is 2. The Labute approximate surface area is 162 Å². The fourth-order valence-corrected chi connectivity index (χ4v) is 3.36. The SMILES string of the molecule is O=C(NC1CCN(C(=S)Nc2cccc(Cl)c2)CC1)c1ccc(F)cc1. The molecule has 1 amide bonds. The average Bonchev–Trinajstić information content (AvgIpc) is 2.63. The van der Waals surface area contributed by atoms with Gasteiger partial charge in [0.1, 0.15) is 5.82 Å². The van der Waals surface area contributed by atoms with Crippen molar-refractivity contribution >= 4 is 40.5 Å². The van der Waals surface area contributed by atoms with Crippen molar-refractivity contribution in [1.29, 1.82) is 0 Å². The van der Waals surface area contributed by atoms with E-state index in [0.717, 1.165) is 31.6 Å². The van der Waals surface area contributed by atoms with Crippen LogP contribution in [0.2, 0.25) is 5.02 Å². The fraction of sp³-hybridized carbons (Fsp3) is 0.263. The predicted molar refractivity (Wildman–Crippen MR) is 106 cm³/mol. The van der Waals surface area contributed by atoms with Crippen molar-refractivity contribution in [2.24, 2.45) is 0 Å². The first-order valence-electron chi connectivity index (χ1n) is 8.39. The van der Waals surface area contributed by atoms with E-state index in [4.69, 9.17) is 23.8 Å². The second-order valence-electron chi connectivity index (χ2n) is 6.18. The zero-order chi connectivity index (χ0) is 18.5. The molecule has 1 saturated heterocycles. The van der Waals surface area contributed by atoms with Crippen molar-refractivity contribution < 1.29 is 9.18 Å². The Balaban J connectivity index is 1.48. The zero-order valence-corrected chi connectivity index (χ0v) is 15.6. The molecule has 2 aromatic carbocycles. The Morgan fingerprint density at radius 1 is 1.15 bits per heavy atom. The molecule has 2 N–H and O–H groups in total. The predicted octanol–water partition coefficient (Wildman–Crippen LogP) is 4.07. The van der Waals surface area contributed by atoms with Crippen molar-refractivity contribution in [2.45, 2.75) is 18.9 Å². The van der Waals surface area contributed by atoms with Crippen LogP contribution in [0.5, 0.6) is 0 Å². The number of rotatable bonds is 3. The van der Waals surface area contributed by atoms with E-state index in [2.05, 4.69) is 15.5 Å². The summed E-state index contributed by atoms with van der Waals surface area (Å²) in [5, 5.41) is 7.49. The van der Waals surface area contributed by atoms with Crippen molar-refractivity contribution in [2.75, 3.05) is 18.4 Å². The van der Waals surface area contributed by atoms with Gasteiger partial charge in [-0.2, -0.15) is 0 Å². The van der Waals surface area contributed by atoms with Gasteiger partial charge in [0.05, 0.1) is 0 Å². The molecule has 0 radical (unpaired) electrons. The molecule has 3 rings (SSSR count). The summed E-state index contributed by atoms with van der Waals surface area (Å²) in [6, 6.07) is 13.0. The molecule has 4 nitrogen and oxygen atoms in total. The summed E-state index contributed by atoms with van der Waals surface area (Å²) >= 11 is 11.4. The summed E-state index contributed by atoms with van der Waals surface area (Å²) < 4.78 is 12.9.